The summed E-state index contributed by atoms with van der Waals surface area (Å²) in [7, 11) is 0. The van der Waals surface area contributed by atoms with Gasteiger partial charge in [0.25, 0.3) is 0 Å². The molecule has 10 aromatic carbocycles. The molecule has 0 saturated carbocycles. The zero-order valence-electron chi connectivity index (χ0n) is 32.3. The molecule has 60 heavy (non-hydrogen) atoms. The second kappa shape index (κ2) is 12.7. The fourth-order valence-electron chi connectivity index (χ4n) is 9.64. The zero-order chi connectivity index (χ0) is 39.3. The van der Waals surface area contributed by atoms with E-state index in [9.17, 15) is 0 Å². The molecule has 0 radical (unpaired) electrons. The molecule has 0 N–H and O–H groups in total. The van der Waals surface area contributed by atoms with Gasteiger partial charge in [0.05, 0.1) is 16.7 Å². The molecule has 0 aliphatic heterocycles. The maximum atomic E-state index is 6.77. The van der Waals surface area contributed by atoms with Crippen LogP contribution in [0.25, 0.3) is 104 Å². The molecule has 4 heteroatoms. The van der Waals surface area contributed by atoms with Crippen molar-refractivity contribution >= 4 is 104 Å². The normalized spacial score (nSPS) is 12.0. The third-order valence-corrected chi connectivity index (χ3v) is 12.4. The molecule has 3 heterocycles. The topological polar surface area (TPSA) is 34.5 Å². The van der Waals surface area contributed by atoms with Gasteiger partial charge in [0.1, 0.15) is 22.3 Å². The molecule has 0 aliphatic carbocycles. The fraction of sp³-hybridized carbons (Fsp3) is 0. The van der Waals surface area contributed by atoms with Crippen molar-refractivity contribution < 1.29 is 8.83 Å². The molecule has 280 valence electrons. The first-order chi connectivity index (χ1) is 29.8. The molecule has 0 amide bonds. The highest BCUT2D eigenvalue weighted by Gasteiger charge is 2.23. The number of benzene rings is 10. The van der Waals surface area contributed by atoms with Gasteiger partial charge in [-0.15, -0.1) is 0 Å². The average Bonchev–Trinajstić information content (AvgIpc) is 4.00. The molecule has 0 spiro atoms. The van der Waals surface area contributed by atoms with Crippen LogP contribution in [0.1, 0.15) is 0 Å². The second-order valence-electron chi connectivity index (χ2n) is 15.6. The summed E-state index contributed by atoms with van der Waals surface area (Å²) in [6.45, 7) is 0. The summed E-state index contributed by atoms with van der Waals surface area (Å²) in [5.74, 6) is 0. The van der Waals surface area contributed by atoms with E-state index < -0.39 is 0 Å². The van der Waals surface area contributed by atoms with Crippen LogP contribution in [0.5, 0.6) is 0 Å². The van der Waals surface area contributed by atoms with E-state index in [1.807, 2.05) is 0 Å². The van der Waals surface area contributed by atoms with Crippen molar-refractivity contribution in [2.75, 3.05) is 4.90 Å². The highest BCUT2D eigenvalue weighted by molar-refractivity contribution is 6.19. The molecule has 0 aliphatic rings. The van der Waals surface area contributed by atoms with Crippen molar-refractivity contribution in [2.45, 2.75) is 0 Å². The molecule has 0 unspecified atom stereocenters. The van der Waals surface area contributed by atoms with Crippen LogP contribution >= 0.6 is 0 Å². The van der Waals surface area contributed by atoms with E-state index in [-0.39, 0.29) is 0 Å². The van der Waals surface area contributed by atoms with Crippen molar-refractivity contribution in [3.8, 4) is 16.8 Å². The van der Waals surface area contributed by atoms with Crippen LogP contribution in [0.2, 0.25) is 0 Å². The van der Waals surface area contributed by atoms with Crippen LogP contribution in [-0.2, 0) is 0 Å². The zero-order valence-corrected chi connectivity index (χ0v) is 32.3. The van der Waals surface area contributed by atoms with E-state index in [0.29, 0.717) is 0 Å². The van der Waals surface area contributed by atoms with Gasteiger partial charge in [0.15, 0.2) is 0 Å². The highest BCUT2D eigenvalue weighted by Crippen LogP contribution is 2.46. The largest absolute Gasteiger partial charge is 0.455 e. The first-order valence-electron chi connectivity index (χ1n) is 20.4. The SMILES string of the molecule is c1ccc(-n2c3ccccc3c3c(N(c4ccc(-c5cccc6c5oc5c7ccccc7ccc65)cc4)c4ccc5oc6c7ccccc7ccc6c5c4)cccc32)cc1. The van der Waals surface area contributed by atoms with E-state index >= 15 is 0 Å². The first-order valence-corrected chi connectivity index (χ1v) is 20.4. The Morgan fingerprint density at radius 3 is 1.75 bits per heavy atom. The minimum Gasteiger partial charge on any atom is -0.455 e. The van der Waals surface area contributed by atoms with Crippen molar-refractivity contribution in [1.82, 2.24) is 4.57 Å². The number of fused-ring (bicyclic) bond motifs is 13. The molecule has 3 aromatic heterocycles. The van der Waals surface area contributed by atoms with Gasteiger partial charge >= 0.3 is 0 Å². The van der Waals surface area contributed by atoms with E-state index in [1.165, 1.54) is 21.5 Å². The van der Waals surface area contributed by atoms with E-state index in [0.717, 1.165) is 99.6 Å². The maximum Gasteiger partial charge on any atom is 0.143 e. The van der Waals surface area contributed by atoms with Crippen LogP contribution in [0.3, 0.4) is 0 Å². The van der Waals surface area contributed by atoms with Gasteiger partial charge in [-0.1, -0.05) is 133 Å². The van der Waals surface area contributed by atoms with Gasteiger partial charge in [-0.3, -0.25) is 0 Å². The summed E-state index contributed by atoms with van der Waals surface area (Å²) in [4.78, 5) is 2.40. The Labute approximate surface area is 344 Å². The lowest BCUT2D eigenvalue weighted by Gasteiger charge is -2.27. The van der Waals surface area contributed by atoms with Crippen LogP contribution in [0, 0.1) is 0 Å². The lowest BCUT2D eigenvalue weighted by Crippen LogP contribution is -2.10. The van der Waals surface area contributed by atoms with Crippen molar-refractivity contribution in [3.05, 3.63) is 206 Å². The van der Waals surface area contributed by atoms with E-state index in [2.05, 4.69) is 216 Å². The molecule has 13 aromatic rings. The molecule has 0 bridgehead atoms. The van der Waals surface area contributed by atoms with Gasteiger partial charge in [0.2, 0.25) is 0 Å². The summed E-state index contributed by atoms with van der Waals surface area (Å²) < 4.78 is 15.8. The predicted molar refractivity (Wildman–Crippen MR) is 250 cm³/mol. The maximum absolute atomic E-state index is 6.77. The number of hydrogen-bond acceptors (Lipinski definition) is 3. The van der Waals surface area contributed by atoms with Gasteiger partial charge in [0, 0.05) is 65.7 Å². The molecular weight excluding hydrogens is 733 g/mol. The summed E-state index contributed by atoms with van der Waals surface area (Å²) in [5, 5.41) is 11.4. The smallest absolute Gasteiger partial charge is 0.143 e. The van der Waals surface area contributed by atoms with E-state index in [4.69, 9.17) is 8.83 Å². The number of aromatic nitrogens is 1. The third kappa shape index (κ3) is 4.79. The third-order valence-electron chi connectivity index (χ3n) is 12.4. The van der Waals surface area contributed by atoms with Crippen molar-refractivity contribution in [3.63, 3.8) is 0 Å². The monoisotopic (exact) mass is 766 g/mol. The average molecular weight is 767 g/mol. The second-order valence-corrected chi connectivity index (χ2v) is 15.6. The van der Waals surface area contributed by atoms with Crippen LogP contribution in [0.15, 0.2) is 215 Å². The van der Waals surface area contributed by atoms with Crippen molar-refractivity contribution in [1.29, 1.82) is 0 Å². The number of nitrogens with zero attached hydrogens (tertiary/aromatic N) is 2. The lowest BCUT2D eigenvalue weighted by molar-refractivity contribution is 0.672. The minimum atomic E-state index is 0.867. The number of para-hydroxylation sites is 3. The quantitative estimate of drug-likeness (QED) is 0.175. The Kier molecular flexibility index (Phi) is 6.98. The Bertz CT molecular complexity index is 3830. The molecule has 0 saturated heterocycles. The Hall–Kier alpha value is -8.08. The predicted octanol–water partition coefficient (Wildman–Crippen LogP) is 16.0. The number of hydrogen-bond donors (Lipinski definition) is 0. The summed E-state index contributed by atoms with van der Waals surface area (Å²) in [5.41, 5.74) is 12.4. The molecular formula is C56H34N2O2. The van der Waals surface area contributed by atoms with Crippen LogP contribution in [0.4, 0.5) is 17.1 Å². The van der Waals surface area contributed by atoms with Crippen LogP contribution < -0.4 is 4.90 Å². The first kappa shape index (κ1) is 32.9. The number of furan rings is 2. The van der Waals surface area contributed by atoms with Crippen molar-refractivity contribution in [2.24, 2.45) is 0 Å². The highest BCUT2D eigenvalue weighted by atomic mass is 16.3. The standard InChI is InChI=1S/C56H34N2O2/c1-2-14-38(15-3-1)58-49-21-9-8-18-47(49)53-50(22-11-23-51(53)58)57(40-30-33-52-48(34-40)46-32-27-35-12-4-6-16-41(35)54(46)59-52)39-28-24-37(25-29-39)43-19-10-20-44-45-31-26-36-13-5-7-17-42(36)56(45)60-55(43)44/h1-34H. The Morgan fingerprint density at radius 1 is 0.367 bits per heavy atom. The van der Waals surface area contributed by atoms with Crippen LogP contribution in [-0.4, -0.2) is 4.57 Å². The lowest BCUT2D eigenvalue weighted by atomic mass is 10.0. The molecule has 13 rings (SSSR count). The summed E-state index contributed by atoms with van der Waals surface area (Å²) >= 11 is 0. The Balaban J connectivity index is 1.04. The van der Waals surface area contributed by atoms with E-state index in [1.54, 1.807) is 0 Å². The number of anilines is 3. The number of rotatable bonds is 5. The minimum absolute atomic E-state index is 0.867. The van der Waals surface area contributed by atoms with Gasteiger partial charge < -0.3 is 18.3 Å². The summed E-state index contributed by atoms with van der Waals surface area (Å²) in [6.07, 6.45) is 0. The fourth-order valence-corrected chi connectivity index (χ4v) is 9.64. The molecule has 0 atom stereocenters. The van der Waals surface area contributed by atoms with Gasteiger partial charge in [-0.25, -0.2) is 0 Å². The molecule has 4 nitrogen and oxygen atoms in total. The Morgan fingerprint density at radius 2 is 0.967 bits per heavy atom. The van der Waals surface area contributed by atoms with Gasteiger partial charge in [-0.05, 0) is 89.1 Å². The van der Waals surface area contributed by atoms with Gasteiger partial charge in [-0.2, -0.15) is 0 Å². The summed E-state index contributed by atoms with van der Waals surface area (Å²) in [6, 6.07) is 73.7. The molecule has 0 fully saturated rings.